The Bertz CT molecular complexity index is 705. The predicted octanol–water partition coefficient (Wildman–Crippen LogP) is 3.18. The molecule has 4 nitrogen and oxygen atoms in total. The van der Waals surface area contributed by atoms with Gasteiger partial charge in [0.05, 0.1) is 24.7 Å². The summed E-state index contributed by atoms with van der Waals surface area (Å²) in [5, 5.41) is 0. The van der Waals surface area contributed by atoms with Gasteiger partial charge in [0.1, 0.15) is 11.9 Å². The molecule has 2 aromatic carbocycles. The first-order chi connectivity index (χ1) is 10.2. The van der Waals surface area contributed by atoms with E-state index in [-0.39, 0.29) is 18.2 Å². The minimum absolute atomic E-state index is 0.109. The minimum atomic E-state index is -0.522. The summed E-state index contributed by atoms with van der Waals surface area (Å²) < 4.78 is 10.5. The van der Waals surface area contributed by atoms with Gasteiger partial charge < -0.3 is 9.47 Å². The molecule has 21 heavy (non-hydrogen) atoms. The first-order valence-electron chi connectivity index (χ1n) is 6.67. The second-order valence-electron chi connectivity index (χ2n) is 4.81. The highest BCUT2D eigenvalue weighted by Crippen LogP contribution is 2.34. The van der Waals surface area contributed by atoms with Crippen molar-refractivity contribution in [2.45, 2.75) is 12.5 Å². The van der Waals surface area contributed by atoms with Crippen molar-refractivity contribution in [2.75, 3.05) is 7.11 Å². The summed E-state index contributed by atoms with van der Waals surface area (Å²) in [5.74, 6) is 0.0467. The van der Waals surface area contributed by atoms with E-state index in [2.05, 4.69) is 0 Å². The van der Waals surface area contributed by atoms with Gasteiger partial charge >= 0.3 is 5.97 Å². The normalized spacial score (nSPS) is 16.2. The molecule has 0 unspecified atom stereocenters. The number of hydrogen-bond acceptors (Lipinski definition) is 4. The lowest BCUT2D eigenvalue weighted by atomic mass is 9.98. The number of hydrogen-bond donors (Lipinski definition) is 0. The molecule has 0 spiro atoms. The molecule has 0 amide bonds. The molecule has 0 saturated heterocycles. The van der Waals surface area contributed by atoms with Gasteiger partial charge in [-0.15, -0.1) is 0 Å². The van der Waals surface area contributed by atoms with E-state index in [4.69, 9.17) is 9.47 Å². The van der Waals surface area contributed by atoms with Gasteiger partial charge in [0.15, 0.2) is 5.78 Å². The summed E-state index contributed by atoms with van der Waals surface area (Å²) in [5.41, 5.74) is 1.81. The van der Waals surface area contributed by atoms with Crippen LogP contribution in [-0.4, -0.2) is 18.9 Å². The molecule has 0 saturated carbocycles. The first-order valence-corrected chi connectivity index (χ1v) is 6.67. The molecule has 1 atom stereocenters. The molecule has 0 aromatic heterocycles. The molecule has 0 fully saturated rings. The summed E-state index contributed by atoms with van der Waals surface area (Å²) in [7, 11) is 1.52. The van der Waals surface area contributed by atoms with Crippen LogP contribution in [-0.2, 0) is 4.74 Å². The van der Waals surface area contributed by atoms with Crippen molar-refractivity contribution in [1.82, 2.24) is 0 Å². The number of rotatable bonds is 4. The van der Waals surface area contributed by atoms with Crippen LogP contribution < -0.4 is 4.74 Å². The first kappa shape index (κ1) is 13.4. The Morgan fingerprint density at radius 2 is 1.86 bits per heavy atom. The van der Waals surface area contributed by atoms with Gasteiger partial charge in [0.2, 0.25) is 0 Å². The summed E-state index contributed by atoms with van der Waals surface area (Å²) in [6.07, 6.45) is -0.408. The molecule has 3 rings (SSSR count). The van der Waals surface area contributed by atoms with Crippen molar-refractivity contribution in [1.29, 1.82) is 0 Å². The number of carbonyl (C=O) groups is 2. The molecule has 1 aliphatic rings. The fraction of sp³-hybridized carbons (Fsp3) is 0.176. The van der Waals surface area contributed by atoms with Crippen LogP contribution in [0, 0.1) is 0 Å². The van der Waals surface area contributed by atoms with E-state index in [1.807, 2.05) is 12.1 Å². The Morgan fingerprint density at radius 3 is 2.67 bits per heavy atom. The van der Waals surface area contributed by atoms with Crippen LogP contribution in [0.2, 0.25) is 0 Å². The van der Waals surface area contributed by atoms with Gasteiger partial charge in [-0.1, -0.05) is 30.3 Å². The molecule has 2 aromatic rings. The third-order valence-corrected chi connectivity index (χ3v) is 3.56. The molecule has 0 radical (unpaired) electrons. The van der Waals surface area contributed by atoms with E-state index in [1.165, 1.54) is 7.11 Å². The molecule has 4 heteroatoms. The van der Waals surface area contributed by atoms with Crippen LogP contribution in [0.5, 0.6) is 5.75 Å². The Balaban J connectivity index is 1.85. The number of methoxy groups -OCH3 is 1. The lowest BCUT2D eigenvalue weighted by Gasteiger charge is -2.11. The zero-order valence-electron chi connectivity index (χ0n) is 11.5. The van der Waals surface area contributed by atoms with Crippen molar-refractivity contribution in [3.05, 3.63) is 65.2 Å². The van der Waals surface area contributed by atoms with Gasteiger partial charge in [-0.05, 0) is 18.2 Å². The van der Waals surface area contributed by atoms with Crippen molar-refractivity contribution in [3.8, 4) is 5.75 Å². The molecule has 0 aliphatic carbocycles. The van der Waals surface area contributed by atoms with Gasteiger partial charge in [-0.25, -0.2) is 4.79 Å². The molecule has 0 bridgehead atoms. The average molecular weight is 282 g/mol. The lowest BCUT2D eigenvalue weighted by molar-refractivity contribution is 0.0367. The molecule has 1 aliphatic heterocycles. The number of ketones is 1. The maximum atomic E-state index is 12.4. The topological polar surface area (TPSA) is 52.6 Å². The molecular weight excluding hydrogens is 268 g/mol. The fourth-order valence-corrected chi connectivity index (χ4v) is 2.52. The smallest absolute Gasteiger partial charge is 0.339 e. The van der Waals surface area contributed by atoms with Gasteiger partial charge in [0.25, 0.3) is 0 Å². The van der Waals surface area contributed by atoms with E-state index in [9.17, 15) is 9.59 Å². The van der Waals surface area contributed by atoms with Gasteiger partial charge in [0, 0.05) is 5.56 Å². The van der Waals surface area contributed by atoms with Crippen LogP contribution in [0.4, 0.5) is 0 Å². The second-order valence-corrected chi connectivity index (χ2v) is 4.81. The van der Waals surface area contributed by atoms with E-state index in [0.717, 1.165) is 5.56 Å². The third kappa shape index (κ3) is 2.40. The van der Waals surface area contributed by atoms with Crippen molar-refractivity contribution >= 4 is 11.8 Å². The largest absolute Gasteiger partial charge is 0.496 e. The molecular formula is C17H14O4. The van der Waals surface area contributed by atoms with E-state index in [0.29, 0.717) is 16.9 Å². The van der Waals surface area contributed by atoms with Crippen LogP contribution in [0.15, 0.2) is 48.5 Å². The lowest BCUT2D eigenvalue weighted by Crippen LogP contribution is -2.09. The summed E-state index contributed by atoms with van der Waals surface area (Å²) in [4.78, 5) is 24.2. The van der Waals surface area contributed by atoms with E-state index in [1.54, 1.807) is 36.4 Å². The maximum Gasteiger partial charge on any atom is 0.339 e. The highest BCUT2D eigenvalue weighted by molar-refractivity contribution is 6.00. The van der Waals surface area contributed by atoms with Crippen LogP contribution >= 0.6 is 0 Å². The zero-order valence-corrected chi connectivity index (χ0v) is 11.5. The van der Waals surface area contributed by atoms with Crippen LogP contribution in [0.25, 0.3) is 0 Å². The van der Waals surface area contributed by atoms with Crippen molar-refractivity contribution < 1.29 is 19.1 Å². The second kappa shape index (κ2) is 5.40. The molecule has 106 valence electrons. The number of cyclic esters (lactones) is 1. The highest BCUT2D eigenvalue weighted by atomic mass is 16.5. The molecule has 1 heterocycles. The number of carbonyl (C=O) groups excluding carboxylic acids is 2. The van der Waals surface area contributed by atoms with Crippen molar-refractivity contribution in [2.24, 2.45) is 0 Å². The maximum absolute atomic E-state index is 12.4. The number of para-hydroxylation sites is 1. The number of benzene rings is 2. The highest BCUT2D eigenvalue weighted by Gasteiger charge is 2.32. The Hall–Kier alpha value is -2.62. The van der Waals surface area contributed by atoms with Gasteiger partial charge in [-0.2, -0.15) is 0 Å². The third-order valence-electron chi connectivity index (χ3n) is 3.56. The summed E-state index contributed by atoms with van der Waals surface area (Å²) >= 11 is 0. The Labute approximate surface area is 122 Å². The minimum Gasteiger partial charge on any atom is -0.496 e. The fourth-order valence-electron chi connectivity index (χ4n) is 2.52. The summed E-state index contributed by atoms with van der Waals surface area (Å²) in [6.45, 7) is 0. The number of ether oxygens (including phenoxy) is 2. The van der Waals surface area contributed by atoms with E-state index >= 15 is 0 Å². The van der Waals surface area contributed by atoms with Crippen LogP contribution in [0.3, 0.4) is 0 Å². The quantitative estimate of drug-likeness (QED) is 0.638. The predicted molar refractivity (Wildman–Crippen MR) is 76.5 cm³/mol. The Kier molecular flexibility index (Phi) is 3.44. The van der Waals surface area contributed by atoms with Crippen LogP contribution in [0.1, 0.15) is 38.8 Å². The number of fused-ring (bicyclic) bond motifs is 1. The van der Waals surface area contributed by atoms with E-state index < -0.39 is 6.10 Å². The van der Waals surface area contributed by atoms with Crippen molar-refractivity contribution in [3.63, 3.8) is 0 Å². The standard InChI is InChI=1S/C17H14O4/c1-20-15-9-5-4-8-13(15)14(18)10-16-11-6-2-3-7-12(11)17(19)21-16/h2-9,16H,10H2,1H3/t16-/m0/s1. The number of esters is 1. The summed E-state index contributed by atoms with van der Waals surface area (Å²) in [6, 6.07) is 14.2. The number of Topliss-reactive ketones (excluding diaryl/α,β-unsaturated/α-hetero) is 1. The Morgan fingerprint density at radius 1 is 1.14 bits per heavy atom. The zero-order chi connectivity index (χ0) is 14.8. The van der Waals surface area contributed by atoms with Gasteiger partial charge in [-0.3, -0.25) is 4.79 Å². The monoisotopic (exact) mass is 282 g/mol. The SMILES string of the molecule is COc1ccccc1C(=O)C[C@@H]1OC(=O)c2ccccc21. The average Bonchev–Trinajstić information content (AvgIpc) is 2.84. The molecule has 0 N–H and O–H groups in total.